The van der Waals surface area contributed by atoms with Crippen LogP contribution in [0.5, 0.6) is 0 Å². The van der Waals surface area contributed by atoms with Crippen LogP contribution in [0, 0.1) is 24.0 Å². The van der Waals surface area contributed by atoms with Gasteiger partial charge in [-0.3, -0.25) is 14.9 Å². The molecule has 0 spiro atoms. The summed E-state index contributed by atoms with van der Waals surface area (Å²) in [7, 11) is 0. The number of hydrogen-bond donors (Lipinski definition) is 1. The van der Waals surface area contributed by atoms with Crippen LogP contribution in [0.15, 0.2) is 66.7 Å². The van der Waals surface area contributed by atoms with Crippen molar-refractivity contribution in [1.29, 1.82) is 0 Å². The summed E-state index contributed by atoms with van der Waals surface area (Å²) in [6, 6.07) is 20.1. The monoisotopic (exact) mass is 415 g/mol. The molecular formula is C25H25N3O3. The first-order valence-electron chi connectivity index (χ1n) is 10.4. The van der Waals surface area contributed by atoms with Gasteiger partial charge in [0.15, 0.2) is 0 Å². The summed E-state index contributed by atoms with van der Waals surface area (Å²) in [6.45, 7) is 6.09. The van der Waals surface area contributed by atoms with Crippen molar-refractivity contribution in [3.8, 4) is 0 Å². The molecule has 4 rings (SSSR count). The van der Waals surface area contributed by atoms with E-state index in [9.17, 15) is 14.9 Å². The van der Waals surface area contributed by atoms with Crippen LogP contribution in [0.25, 0.3) is 0 Å². The van der Waals surface area contributed by atoms with Gasteiger partial charge in [-0.15, -0.1) is 0 Å². The Kier molecular flexibility index (Phi) is 5.46. The Morgan fingerprint density at radius 1 is 1.03 bits per heavy atom. The fourth-order valence-electron chi connectivity index (χ4n) is 4.34. The number of fused-ring (bicyclic) bond motifs is 1. The number of non-ortho nitro benzene ring substituents is 1. The Hall–Kier alpha value is -3.67. The number of carbonyl (C=O) groups is 1. The maximum absolute atomic E-state index is 13.5. The first-order chi connectivity index (χ1) is 14.9. The summed E-state index contributed by atoms with van der Waals surface area (Å²) < 4.78 is 0. The molecule has 1 N–H and O–H groups in total. The molecule has 0 radical (unpaired) electrons. The highest BCUT2D eigenvalue weighted by Gasteiger charge is 2.35. The van der Waals surface area contributed by atoms with E-state index in [0.717, 1.165) is 28.9 Å². The Morgan fingerprint density at radius 2 is 1.74 bits per heavy atom. The quantitative estimate of drug-likeness (QED) is 0.431. The molecular weight excluding hydrogens is 390 g/mol. The Bertz CT molecular complexity index is 1160. The van der Waals surface area contributed by atoms with Gasteiger partial charge in [0.25, 0.3) is 11.6 Å². The first kappa shape index (κ1) is 20.6. The number of hydrogen-bond acceptors (Lipinski definition) is 4. The number of rotatable bonds is 4. The average molecular weight is 415 g/mol. The highest BCUT2D eigenvalue weighted by molar-refractivity contribution is 6.08. The maximum atomic E-state index is 13.5. The second-order valence-electron chi connectivity index (χ2n) is 8.09. The van der Waals surface area contributed by atoms with Crippen LogP contribution in [-0.2, 0) is 0 Å². The minimum absolute atomic E-state index is 0.0557. The van der Waals surface area contributed by atoms with Crippen molar-refractivity contribution in [2.24, 2.45) is 0 Å². The van der Waals surface area contributed by atoms with Crippen molar-refractivity contribution in [2.45, 2.75) is 39.3 Å². The number of amides is 1. The highest BCUT2D eigenvalue weighted by Crippen LogP contribution is 2.42. The van der Waals surface area contributed by atoms with Gasteiger partial charge in [0.2, 0.25) is 0 Å². The van der Waals surface area contributed by atoms with Gasteiger partial charge >= 0.3 is 0 Å². The second-order valence-corrected chi connectivity index (χ2v) is 8.09. The normalized spacial score (nSPS) is 17.7. The van der Waals surface area contributed by atoms with Gasteiger partial charge in [0, 0.05) is 29.4 Å². The number of nitro groups is 1. The van der Waals surface area contributed by atoms with Crippen LogP contribution >= 0.6 is 0 Å². The molecule has 3 aromatic carbocycles. The van der Waals surface area contributed by atoms with Gasteiger partial charge in [-0.2, -0.15) is 0 Å². The zero-order valence-corrected chi connectivity index (χ0v) is 17.8. The van der Waals surface area contributed by atoms with E-state index in [2.05, 4.69) is 30.4 Å². The van der Waals surface area contributed by atoms with E-state index in [-0.39, 0.29) is 23.7 Å². The lowest BCUT2D eigenvalue weighted by atomic mass is 9.88. The summed E-state index contributed by atoms with van der Waals surface area (Å²) in [4.78, 5) is 26.0. The van der Waals surface area contributed by atoms with Crippen molar-refractivity contribution >= 4 is 23.0 Å². The number of benzene rings is 3. The molecule has 0 bridgehead atoms. The molecule has 0 saturated carbocycles. The smallest absolute Gasteiger partial charge is 0.270 e. The second kappa shape index (κ2) is 8.22. The van der Waals surface area contributed by atoms with Gasteiger partial charge in [-0.1, -0.05) is 42.5 Å². The number of nitro benzene ring substituents is 1. The lowest BCUT2D eigenvalue weighted by molar-refractivity contribution is -0.384. The van der Waals surface area contributed by atoms with E-state index in [1.54, 1.807) is 17.0 Å². The molecule has 6 nitrogen and oxygen atoms in total. The van der Waals surface area contributed by atoms with E-state index < -0.39 is 4.92 Å². The molecule has 0 saturated heterocycles. The van der Waals surface area contributed by atoms with Crippen LogP contribution in [-0.4, -0.2) is 16.9 Å². The molecule has 1 amide bonds. The molecule has 31 heavy (non-hydrogen) atoms. The Labute approximate surface area is 181 Å². The van der Waals surface area contributed by atoms with Gasteiger partial charge in [0.05, 0.1) is 16.7 Å². The minimum Gasteiger partial charge on any atom is -0.378 e. The zero-order valence-electron chi connectivity index (χ0n) is 17.8. The van der Waals surface area contributed by atoms with E-state index >= 15 is 0 Å². The van der Waals surface area contributed by atoms with E-state index in [1.165, 1.54) is 17.7 Å². The molecule has 0 aromatic heterocycles. The molecule has 1 heterocycles. The van der Waals surface area contributed by atoms with Crippen molar-refractivity contribution in [3.05, 3.63) is 99.1 Å². The fourth-order valence-corrected chi connectivity index (χ4v) is 4.34. The molecule has 0 aliphatic carbocycles. The lowest BCUT2D eigenvalue weighted by Gasteiger charge is -2.41. The Morgan fingerprint density at radius 3 is 2.48 bits per heavy atom. The average Bonchev–Trinajstić information content (AvgIpc) is 2.75. The number of aryl methyl sites for hydroxylation is 2. The van der Waals surface area contributed by atoms with Gasteiger partial charge in [-0.05, 0) is 56.0 Å². The molecule has 1 aliphatic rings. The summed E-state index contributed by atoms with van der Waals surface area (Å²) in [5.74, 6) is -0.221. The third-order valence-electron chi connectivity index (χ3n) is 5.90. The van der Waals surface area contributed by atoms with Crippen LogP contribution < -0.4 is 10.2 Å². The minimum atomic E-state index is -0.474. The number of nitrogens with one attached hydrogen (secondary N) is 1. The largest absolute Gasteiger partial charge is 0.378 e. The molecule has 0 fully saturated rings. The fraction of sp³-hybridized carbons (Fsp3) is 0.240. The van der Waals surface area contributed by atoms with Crippen LogP contribution in [0.3, 0.4) is 0 Å². The highest BCUT2D eigenvalue weighted by atomic mass is 16.6. The molecule has 1 aliphatic heterocycles. The summed E-state index contributed by atoms with van der Waals surface area (Å²) in [5.41, 5.74) is 5.41. The number of para-hydroxylation sites is 2. The predicted octanol–water partition coefficient (Wildman–Crippen LogP) is 5.80. The van der Waals surface area contributed by atoms with Crippen molar-refractivity contribution in [2.75, 3.05) is 10.2 Å². The molecule has 2 atom stereocenters. The van der Waals surface area contributed by atoms with Gasteiger partial charge in [0.1, 0.15) is 0 Å². The predicted molar refractivity (Wildman–Crippen MR) is 123 cm³/mol. The molecule has 3 aromatic rings. The van der Waals surface area contributed by atoms with Crippen LogP contribution in [0.2, 0.25) is 0 Å². The van der Waals surface area contributed by atoms with E-state index in [4.69, 9.17) is 0 Å². The lowest BCUT2D eigenvalue weighted by Crippen LogP contribution is -2.44. The first-order valence-corrected chi connectivity index (χ1v) is 10.4. The summed E-state index contributed by atoms with van der Waals surface area (Å²) >= 11 is 0. The van der Waals surface area contributed by atoms with E-state index in [1.807, 2.05) is 38.1 Å². The zero-order chi connectivity index (χ0) is 22.1. The third-order valence-corrected chi connectivity index (χ3v) is 5.90. The van der Waals surface area contributed by atoms with Gasteiger partial charge < -0.3 is 10.2 Å². The van der Waals surface area contributed by atoms with Crippen LogP contribution in [0.4, 0.5) is 17.1 Å². The summed E-state index contributed by atoms with van der Waals surface area (Å²) in [5, 5.41) is 14.8. The maximum Gasteiger partial charge on any atom is 0.270 e. The molecule has 0 unspecified atom stereocenters. The third kappa shape index (κ3) is 3.89. The molecule has 6 heteroatoms. The Balaban J connectivity index is 1.75. The molecule has 158 valence electrons. The topological polar surface area (TPSA) is 75.5 Å². The van der Waals surface area contributed by atoms with Gasteiger partial charge in [-0.25, -0.2) is 0 Å². The van der Waals surface area contributed by atoms with Crippen LogP contribution in [0.1, 0.15) is 46.4 Å². The van der Waals surface area contributed by atoms with Crippen molar-refractivity contribution in [3.63, 3.8) is 0 Å². The number of carbonyl (C=O) groups excluding carboxylic acids is 1. The van der Waals surface area contributed by atoms with Crippen molar-refractivity contribution in [1.82, 2.24) is 0 Å². The SMILES string of the molecule is Cc1ccccc1N[C@H]1C[C@@H](C)N(C(=O)c2cccc([N+](=O)[O-])c2)c2c(C)cccc21. The standard InChI is InChI=1S/C25H25N3O3/c1-16-8-4-5-13-22(16)26-23-14-18(3)27(24-17(2)9-6-12-21(23)24)25(29)19-10-7-11-20(15-19)28(30)31/h4-13,15,18,23,26H,14H2,1-3H3/t18-,23+/m1/s1. The van der Waals surface area contributed by atoms with Crippen molar-refractivity contribution < 1.29 is 9.72 Å². The number of nitrogens with zero attached hydrogens (tertiary/aromatic N) is 2. The van der Waals surface area contributed by atoms with E-state index in [0.29, 0.717) is 5.56 Å². The number of anilines is 2. The summed E-state index contributed by atoms with van der Waals surface area (Å²) in [6.07, 6.45) is 0.728.